The van der Waals surface area contributed by atoms with Crippen LogP contribution in [0.15, 0.2) is 48.7 Å². The molecule has 1 unspecified atom stereocenters. The van der Waals surface area contributed by atoms with Gasteiger partial charge in [0.1, 0.15) is 40.1 Å². The molecule has 8 nitrogen and oxygen atoms in total. The number of nitrogens with zero attached hydrogens (tertiary/aromatic N) is 3. The molecule has 0 spiro atoms. The topological polar surface area (TPSA) is 113 Å². The number of hydrogen-bond donors (Lipinski definition) is 3. The lowest BCUT2D eigenvalue weighted by atomic mass is 10.0. The lowest BCUT2D eigenvalue weighted by molar-refractivity contribution is -0.259. The Morgan fingerprint density at radius 1 is 1.05 bits per heavy atom. The van der Waals surface area contributed by atoms with Gasteiger partial charge < -0.3 is 21.1 Å². The monoisotopic (exact) mass is 529 g/mol. The molecule has 198 valence electrons. The third-order valence-electron chi connectivity index (χ3n) is 5.50. The maximum Gasteiger partial charge on any atom is 0.420 e. The van der Waals surface area contributed by atoms with Gasteiger partial charge in [0.25, 0.3) is 11.8 Å². The predicted octanol–water partition coefficient (Wildman–Crippen LogP) is 3.06. The van der Waals surface area contributed by atoms with Crippen molar-refractivity contribution in [2.75, 3.05) is 25.4 Å². The molecule has 0 saturated heterocycles. The Labute approximate surface area is 206 Å². The molecule has 4 N–H and O–H groups in total. The van der Waals surface area contributed by atoms with Crippen molar-refractivity contribution in [2.24, 2.45) is 0 Å². The molecule has 0 bridgehead atoms. The van der Waals surface area contributed by atoms with Gasteiger partial charge in [-0.2, -0.15) is 18.3 Å². The number of aliphatic hydroxyl groups is 1. The van der Waals surface area contributed by atoms with Gasteiger partial charge in [-0.05, 0) is 31.2 Å². The number of carbonyl (C=O) groups excluding carboxylic acids is 2. The van der Waals surface area contributed by atoms with Crippen LogP contribution in [-0.4, -0.2) is 63.0 Å². The molecule has 1 heterocycles. The van der Waals surface area contributed by atoms with Gasteiger partial charge >= 0.3 is 6.18 Å². The summed E-state index contributed by atoms with van der Waals surface area (Å²) in [7, 11) is 0. The largest absolute Gasteiger partial charge is 0.420 e. The number of likely N-dealkylation sites (N-methyl/N-ethyl adjacent to an activating group) is 1. The van der Waals surface area contributed by atoms with E-state index in [0.29, 0.717) is 4.90 Å². The van der Waals surface area contributed by atoms with Crippen LogP contribution >= 0.6 is 0 Å². The van der Waals surface area contributed by atoms with E-state index in [0.717, 1.165) is 35.1 Å². The van der Waals surface area contributed by atoms with E-state index in [-0.39, 0.29) is 5.69 Å². The molecule has 0 fully saturated rings. The second kappa shape index (κ2) is 10.5. The number of alkyl halides is 3. The molecule has 1 atom stereocenters. The van der Waals surface area contributed by atoms with E-state index in [1.54, 1.807) is 0 Å². The first-order valence-electron chi connectivity index (χ1n) is 10.7. The molecule has 37 heavy (non-hydrogen) atoms. The highest BCUT2D eigenvalue weighted by molar-refractivity contribution is 5.98. The van der Waals surface area contributed by atoms with Gasteiger partial charge in [0.2, 0.25) is 0 Å². The highest BCUT2D eigenvalue weighted by Crippen LogP contribution is 2.32. The number of amides is 2. The van der Waals surface area contributed by atoms with Crippen LogP contribution < -0.4 is 11.1 Å². The van der Waals surface area contributed by atoms with Gasteiger partial charge in [-0.15, -0.1) is 0 Å². The van der Waals surface area contributed by atoms with Crippen molar-refractivity contribution in [3.8, 4) is 5.69 Å². The fourth-order valence-electron chi connectivity index (χ4n) is 3.42. The van der Waals surface area contributed by atoms with E-state index in [2.05, 4.69) is 5.10 Å². The number of carbonyl (C=O) groups is 2. The second-order valence-corrected chi connectivity index (χ2v) is 7.93. The summed E-state index contributed by atoms with van der Waals surface area (Å²) in [6, 6.07) is 7.76. The Morgan fingerprint density at radius 2 is 1.65 bits per heavy atom. The minimum atomic E-state index is -5.38. The lowest BCUT2D eigenvalue weighted by Crippen LogP contribution is -2.60. The van der Waals surface area contributed by atoms with Crippen LogP contribution in [0.1, 0.15) is 27.6 Å². The second-order valence-electron chi connectivity index (χ2n) is 7.93. The SMILES string of the molecule is CCN(CC(O)(CNC(=O)c1cnn(-c2ccccc2F)c1N)C(F)(F)F)C(=O)c1c(F)cccc1F. The zero-order valence-electron chi connectivity index (χ0n) is 19.2. The normalized spacial score (nSPS) is 13.2. The van der Waals surface area contributed by atoms with E-state index in [1.807, 2.05) is 5.32 Å². The summed E-state index contributed by atoms with van der Waals surface area (Å²) >= 11 is 0. The van der Waals surface area contributed by atoms with Crippen molar-refractivity contribution in [3.05, 3.63) is 77.2 Å². The Morgan fingerprint density at radius 3 is 2.22 bits per heavy atom. The Balaban J connectivity index is 1.82. The van der Waals surface area contributed by atoms with Gasteiger partial charge in [0.15, 0.2) is 5.60 Å². The number of hydrogen-bond acceptors (Lipinski definition) is 5. The number of aromatic nitrogens is 2. The maximum absolute atomic E-state index is 14.0. The molecule has 3 aromatic rings. The average Bonchev–Trinajstić information content (AvgIpc) is 3.21. The summed E-state index contributed by atoms with van der Waals surface area (Å²) in [6.45, 7) is -2.13. The smallest absolute Gasteiger partial charge is 0.383 e. The number of benzene rings is 2. The third-order valence-corrected chi connectivity index (χ3v) is 5.50. The molecule has 14 heteroatoms. The first-order chi connectivity index (χ1) is 17.3. The quantitative estimate of drug-likeness (QED) is 0.389. The van der Waals surface area contributed by atoms with E-state index < -0.39 is 77.6 Å². The minimum Gasteiger partial charge on any atom is -0.383 e. The summed E-state index contributed by atoms with van der Waals surface area (Å²) in [6.07, 6.45) is -4.49. The first-order valence-corrected chi connectivity index (χ1v) is 10.7. The molecular weight excluding hydrogens is 508 g/mol. The number of nitrogens with one attached hydrogen (secondary N) is 1. The van der Waals surface area contributed by atoms with Crippen LogP contribution in [-0.2, 0) is 0 Å². The Bertz CT molecular complexity index is 1290. The zero-order valence-corrected chi connectivity index (χ0v) is 19.2. The van der Waals surface area contributed by atoms with Crippen LogP contribution in [0.4, 0.5) is 32.2 Å². The van der Waals surface area contributed by atoms with Crippen molar-refractivity contribution in [1.29, 1.82) is 0 Å². The van der Waals surface area contributed by atoms with Gasteiger partial charge in [-0.3, -0.25) is 9.59 Å². The van der Waals surface area contributed by atoms with Gasteiger partial charge in [-0.1, -0.05) is 18.2 Å². The van der Waals surface area contributed by atoms with Crippen molar-refractivity contribution < 1.29 is 41.0 Å². The molecule has 1 aromatic heterocycles. The first kappa shape index (κ1) is 27.5. The van der Waals surface area contributed by atoms with Crippen LogP contribution in [0.25, 0.3) is 5.69 Å². The number of anilines is 1. The van der Waals surface area contributed by atoms with E-state index in [9.17, 15) is 41.0 Å². The van der Waals surface area contributed by atoms with Gasteiger partial charge in [0.05, 0.1) is 19.3 Å². The Hall–Kier alpha value is -4.07. The van der Waals surface area contributed by atoms with Gasteiger partial charge in [-0.25, -0.2) is 17.9 Å². The number of nitrogens with two attached hydrogens (primary N) is 1. The number of para-hydroxylation sites is 1. The summed E-state index contributed by atoms with van der Waals surface area (Å²) in [5.74, 6) is -6.33. The van der Waals surface area contributed by atoms with E-state index >= 15 is 0 Å². The van der Waals surface area contributed by atoms with Crippen LogP contribution in [0, 0.1) is 17.5 Å². The number of nitrogen functional groups attached to an aromatic ring is 1. The molecule has 0 aliphatic rings. The third kappa shape index (κ3) is 5.53. The van der Waals surface area contributed by atoms with Crippen LogP contribution in [0.5, 0.6) is 0 Å². The highest BCUT2D eigenvalue weighted by atomic mass is 19.4. The average molecular weight is 529 g/mol. The molecule has 0 radical (unpaired) electrons. The van der Waals surface area contributed by atoms with Crippen molar-refractivity contribution in [2.45, 2.75) is 18.7 Å². The lowest BCUT2D eigenvalue weighted by Gasteiger charge is -2.35. The highest BCUT2D eigenvalue weighted by Gasteiger charge is 2.55. The summed E-state index contributed by atoms with van der Waals surface area (Å²) < 4.78 is 84.5. The molecule has 0 aliphatic carbocycles. The Kier molecular flexibility index (Phi) is 7.81. The fourth-order valence-corrected chi connectivity index (χ4v) is 3.42. The number of halogens is 6. The summed E-state index contributed by atoms with van der Waals surface area (Å²) in [5, 5.41) is 16.1. The molecule has 0 saturated carbocycles. The molecular formula is C23H21F6N5O3. The summed E-state index contributed by atoms with van der Waals surface area (Å²) in [4.78, 5) is 25.6. The molecule has 2 aromatic carbocycles. The summed E-state index contributed by atoms with van der Waals surface area (Å²) in [5.41, 5.74) is 0.488. The van der Waals surface area contributed by atoms with Crippen molar-refractivity contribution >= 4 is 17.6 Å². The molecule has 0 aliphatic heterocycles. The molecule has 3 rings (SSSR count). The standard InChI is InChI=1S/C23H21F6N5O3/c1-2-33(21(36)18-15(25)7-5-8-16(18)26)12-22(37,23(27,28)29)11-31-20(35)13-10-32-34(19(13)30)17-9-4-3-6-14(17)24/h3-10,37H,2,11-12,30H2,1H3,(H,31,35). The van der Waals surface area contributed by atoms with Crippen molar-refractivity contribution in [1.82, 2.24) is 20.0 Å². The minimum absolute atomic E-state index is 0.122. The van der Waals surface area contributed by atoms with E-state index in [1.165, 1.54) is 25.1 Å². The van der Waals surface area contributed by atoms with Crippen LogP contribution in [0.2, 0.25) is 0 Å². The zero-order chi connectivity index (χ0) is 27.5. The van der Waals surface area contributed by atoms with Crippen molar-refractivity contribution in [3.63, 3.8) is 0 Å². The number of rotatable bonds is 8. The molecule has 2 amide bonds. The van der Waals surface area contributed by atoms with E-state index in [4.69, 9.17) is 5.73 Å². The predicted molar refractivity (Wildman–Crippen MR) is 119 cm³/mol. The van der Waals surface area contributed by atoms with Gasteiger partial charge in [0, 0.05) is 6.54 Å². The fraction of sp³-hybridized carbons (Fsp3) is 0.261. The van der Waals surface area contributed by atoms with Crippen LogP contribution in [0.3, 0.4) is 0 Å². The maximum atomic E-state index is 14.0.